The minimum absolute atomic E-state index is 0.321. The zero-order valence-electron chi connectivity index (χ0n) is 17.0. The summed E-state index contributed by atoms with van der Waals surface area (Å²) >= 11 is 1.47. The summed E-state index contributed by atoms with van der Waals surface area (Å²) in [5.74, 6) is 0.914. The Kier molecular flexibility index (Phi) is 5.94. The quantitative estimate of drug-likeness (QED) is 0.767. The lowest BCUT2D eigenvalue weighted by molar-refractivity contribution is 0.102. The van der Waals surface area contributed by atoms with Crippen LogP contribution in [0.3, 0.4) is 0 Å². The van der Waals surface area contributed by atoms with E-state index in [4.69, 9.17) is 5.73 Å². The van der Waals surface area contributed by atoms with Gasteiger partial charge in [0.05, 0.1) is 5.54 Å². The molecule has 1 fully saturated rings. The molecule has 0 aliphatic carbocycles. The number of carbonyl (C=O) groups is 1. The van der Waals surface area contributed by atoms with Gasteiger partial charge in [-0.1, -0.05) is 17.8 Å². The fourth-order valence-electron chi connectivity index (χ4n) is 3.94. The van der Waals surface area contributed by atoms with Crippen LogP contribution in [0.4, 0.5) is 15.9 Å². The first-order valence-corrected chi connectivity index (χ1v) is 11.2. The van der Waals surface area contributed by atoms with Gasteiger partial charge < -0.3 is 16.0 Å². The molecule has 30 heavy (non-hydrogen) atoms. The van der Waals surface area contributed by atoms with Crippen molar-refractivity contribution >= 4 is 34.3 Å². The van der Waals surface area contributed by atoms with Gasteiger partial charge in [0.25, 0.3) is 5.91 Å². The largest absolute Gasteiger partial charge is 0.379 e. The van der Waals surface area contributed by atoms with Crippen molar-refractivity contribution in [1.82, 2.24) is 4.98 Å². The van der Waals surface area contributed by atoms with E-state index in [1.165, 1.54) is 24.2 Å². The van der Waals surface area contributed by atoms with Gasteiger partial charge in [-0.15, -0.1) is 0 Å². The molecule has 1 amide bonds. The number of thioether (sulfide) groups is 1. The molecule has 4 rings (SSSR count). The molecule has 2 aliphatic heterocycles. The van der Waals surface area contributed by atoms with Gasteiger partial charge in [0.1, 0.15) is 17.3 Å². The molecule has 1 aromatic carbocycles. The number of anilines is 2. The predicted molar refractivity (Wildman–Crippen MR) is 121 cm³/mol. The first kappa shape index (κ1) is 20.7. The Morgan fingerprint density at radius 1 is 1.23 bits per heavy atom. The van der Waals surface area contributed by atoms with Gasteiger partial charge in [-0.25, -0.2) is 9.37 Å². The van der Waals surface area contributed by atoms with E-state index in [2.05, 4.69) is 20.2 Å². The minimum atomic E-state index is -0.743. The van der Waals surface area contributed by atoms with Crippen LogP contribution in [0.25, 0.3) is 0 Å². The fourth-order valence-corrected chi connectivity index (χ4v) is 4.92. The fraction of sp³-hybridized carbons (Fsp3) is 0.409. The molecule has 1 unspecified atom stereocenters. The van der Waals surface area contributed by atoms with Crippen molar-refractivity contribution in [1.29, 1.82) is 0 Å². The molecule has 2 aromatic rings. The molecule has 6 nitrogen and oxygen atoms in total. The van der Waals surface area contributed by atoms with E-state index in [-0.39, 0.29) is 11.7 Å². The minimum Gasteiger partial charge on any atom is -0.379 e. The Morgan fingerprint density at radius 3 is 2.80 bits per heavy atom. The zero-order valence-corrected chi connectivity index (χ0v) is 17.8. The molecule has 1 aromatic heterocycles. The van der Waals surface area contributed by atoms with Gasteiger partial charge in [-0.2, -0.15) is 0 Å². The van der Waals surface area contributed by atoms with Gasteiger partial charge in [-0.05, 0) is 62.9 Å². The Labute approximate surface area is 180 Å². The number of amidine groups is 1. The van der Waals surface area contributed by atoms with E-state index in [9.17, 15) is 9.18 Å². The Hall–Kier alpha value is -2.61. The number of nitrogens with zero attached hydrogens (tertiary/aromatic N) is 3. The van der Waals surface area contributed by atoms with Crippen LogP contribution in [0.15, 0.2) is 41.4 Å². The monoisotopic (exact) mass is 427 g/mol. The molecule has 3 heterocycles. The molecule has 0 spiro atoms. The number of piperidine rings is 1. The van der Waals surface area contributed by atoms with Gasteiger partial charge in [0.2, 0.25) is 0 Å². The summed E-state index contributed by atoms with van der Waals surface area (Å²) < 4.78 is 14.6. The maximum Gasteiger partial charge on any atom is 0.274 e. The Bertz CT molecular complexity index is 976. The first-order chi connectivity index (χ1) is 14.4. The highest BCUT2D eigenvalue weighted by Crippen LogP contribution is 2.37. The van der Waals surface area contributed by atoms with Crippen molar-refractivity contribution in [3.05, 3.63) is 53.5 Å². The summed E-state index contributed by atoms with van der Waals surface area (Å²) in [7, 11) is 0. The summed E-state index contributed by atoms with van der Waals surface area (Å²) in [5.41, 5.74) is 6.41. The van der Waals surface area contributed by atoms with Crippen molar-refractivity contribution in [3.8, 4) is 0 Å². The van der Waals surface area contributed by atoms with Crippen LogP contribution in [-0.4, -0.2) is 34.9 Å². The SMILES string of the molecule is CC1(c2cc(NC(=O)c3cccc(N4CCCCC4)n3)ccc2F)CCSC(N)=N1. The molecule has 2 aliphatic rings. The number of pyridine rings is 1. The van der Waals surface area contributed by atoms with Crippen molar-refractivity contribution in [2.24, 2.45) is 10.7 Å². The number of nitrogens with one attached hydrogen (secondary N) is 1. The third kappa shape index (κ3) is 4.43. The Balaban J connectivity index is 1.55. The highest BCUT2D eigenvalue weighted by atomic mass is 32.2. The van der Waals surface area contributed by atoms with E-state index in [0.29, 0.717) is 28.5 Å². The number of nitrogens with two attached hydrogens (primary N) is 1. The molecular formula is C22H26FN5OS. The maximum atomic E-state index is 14.6. The molecule has 1 saturated heterocycles. The Morgan fingerprint density at radius 2 is 2.03 bits per heavy atom. The molecule has 3 N–H and O–H groups in total. The van der Waals surface area contributed by atoms with Crippen LogP contribution in [-0.2, 0) is 5.54 Å². The zero-order chi connectivity index (χ0) is 21.1. The summed E-state index contributed by atoms with van der Waals surface area (Å²) in [4.78, 5) is 24.0. The lowest BCUT2D eigenvalue weighted by Crippen LogP contribution is -2.30. The summed E-state index contributed by atoms with van der Waals surface area (Å²) in [6.07, 6.45) is 4.18. The number of aromatic nitrogens is 1. The van der Waals surface area contributed by atoms with E-state index in [1.807, 2.05) is 19.1 Å². The second-order valence-corrected chi connectivity index (χ2v) is 9.02. The number of benzene rings is 1. The number of carbonyl (C=O) groups excluding carboxylic acids is 1. The van der Waals surface area contributed by atoms with Crippen molar-refractivity contribution in [2.75, 3.05) is 29.1 Å². The topological polar surface area (TPSA) is 83.6 Å². The molecule has 0 radical (unpaired) electrons. The van der Waals surface area contributed by atoms with Crippen molar-refractivity contribution in [3.63, 3.8) is 0 Å². The van der Waals surface area contributed by atoms with Gasteiger partial charge in [0, 0.05) is 30.1 Å². The predicted octanol–water partition coefficient (Wildman–Crippen LogP) is 4.13. The molecule has 0 saturated carbocycles. The second kappa shape index (κ2) is 8.63. The van der Waals surface area contributed by atoms with Crippen LogP contribution in [0, 0.1) is 5.82 Å². The number of amides is 1. The van der Waals surface area contributed by atoms with Crippen LogP contribution >= 0.6 is 11.8 Å². The third-order valence-corrected chi connectivity index (χ3v) is 6.44. The second-order valence-electron chi connectivity index (χ2n) is 7.90. The van der Waals surface area contributed by atoms with Gasteiger partial charge in [0.15, 0.2) is 5.17 Å². The molecule has 0 bridgehead atoms. The summed E-state index contributed by atoms with van der Waals surface area (Å²) in [5, 5.41) is 3.31. The van der Waals surface area contributed by atoms with Crippen LogP contribution in [0.1, 0.15) is 48.7 Å². The molecular weight excluding hydrogens is 401 g/mol. The van der Waals surface area contributed by atoms with Crippen molar-refractivity contribution < 1.29 is 9.18 Å². The number of aliphatic imine (C=N–C) groups is 1. The first-order valence-electron chi connectivity index (χ1n) is 10.3. The summed E-state index contributed by atoms with van der Waals surface area (Å²) in [6.45, 7) is 3.78. The van der Waals surface area contributed by atoms with E-state index in [1.54, 1.807) is 18.2 Å². The smallest absolute Gasteiger partial charge is 0.274 e. The van der Waals surface area contributed by atoms with E-state index < -0.39 is 5.54 Å². The standard InChI is InChI=1S/C22H26FN5OS/c1-22(10-13-30-21(24)27-22)16-14-15(8-9-17(16)23)25-20(29)18-6-5-7-19(26-18)28-11-3-2-4-12-28/h5-9,14H,2-4,10-13H2,1H3,(H2,24,27)(H,25,29). The van der Waals surface area contributed by atoms with Crippen molar-refractivity contribution in [2.45, 2.75) is 38.1 Å². The van der Waals surface area contributed by atoms with E-state index in [0.717, 1.165) is 37.5 Å². The highest BCUT2D eigenvalue weighted by molar-refractivity contribution is 8.13. The lowest BCUT2D eigenvalue weighted by Gasteiger charge is -2.30. The average molecular weight is 428 g/mol. The number of rotatable bonds is 4. The van der Waals surface area contributed by atoms with Crippen LogP contribution < -0.4 is 16.0 Å². The maximum absolute atomic E-state index is 14.6. The highest BCUT2D eigenvalue weighted by Gasteiger charge is 2.32. The average Bonchev–Trinajstić information content (AvgIpc) is 2.75. The number of halogens is 1. The molecule has 1 atom stereocenters. The van der Waals surface area contributed by atoms with E-state index >= 15 is 0 Å². The third-order valence-electron chi connectivity index (χ3n) is 5.65. The number of hydrogen-bond acceptors (Lipinski definition) is 6. The normalized spacial score (nSPS) is 21.8. The summed E-state index contributed by atoms with van der Waals surface area (Å²) in [6, 6.07) is 10.0. The lowest BCUT2D eigenvalue weighted by atomic mass is 9.89. The molecule has 158 valence electrons. The van der Waals surface area contributed by atoms with Gasteiger partial charge in [-0.3, -0.25) is 9.79 Å². The number of hydrogen-bond donors (Lipinski definition) is 2. The van der Waals surface area contributed by atoms with Crippen LogP contribution in [0.2, 0.25) is 0 Å². The van der Waals surface area contributed by atoms with Crippen LogP contribution in [0.5, 0.6) is 0 Å². The molecule has 8 heteroatoms. The van der Waals surface area contributed by atoms with Gasteiger partial charge >= 0.3 is 0 Å².